The van der Waals surface area contributed by atoms with E-state index in [0.717, 1.165) is 11.8 Å². The molecule has 1 aliphatic rings. The molecular formula is C13H26N2O2S. The zero-order chi connectivity index (χ0) is 13.6. The van der Waals surface area contributed by atoms with Gasteiger partial charge in [0.25, 0.3) is 0 Å². The maximum atomic E-state index is 11.4. The smallest absolute Gasteiger partial charge is 0.407 e. The Kier molecular flexibility index (Phi) is 6.29. The third-order valence-corrected chi connectivity index (χ3v) is 4.12. The lowest BCUT2D eigenvalue weighted by Gasteiger charge is -2.21. The molecule has 1 amide bonds. The molecule has 0 aromatic heterocycles. The van der Waals surface area contributed by atoms with Crippen LogP contribution in [0, 0.1) is 0 Å². The first kappa shape index (κ1) is 15.6. The van der Waals surface area contributed by atoms with E-state index in [2.05, 4.69) is 16.9 Å². The van der Waals surface area contributed by atoms with Crippen molar-refractivity contribution in [2.75, 3.05) is 19.3 Å². The van der Waals surface area contributed by atoms with Crippen LogP contribution in [0.2, 0.25) is 0 Å². The third kappa shape index (κ3) is 5.96. The highest BCUT2D eigenvalue weighted by Crippen LogP contribution is 2.28. The first-order valence-corrected chi connectivity index (χ1v) is 7.94. The molecule has 0 bridgehead atoms. The average Bonchev–Trinajstić information content (AvgIpc) is 2.69. The topological polar surface area (TPSA) is 50.4 Å². The Morgan fingerprint density at radius 1 is 1.33 bits per heavy atom. The standard InChI is InChI=1S/C13H26N2O2S/c1-13(2,3)17-12(16)15-9-8-14-10-6-5-7-11(10)18-4/h10-11,14H,5-9H2,1-4H3,(H,15,16). The van der Waals surface area contributed by atoms with Gasteiger partial charge in [-0.1, -0.05) is 6.42 Å². The Balaban J connectivity index is 2.10. The highest BCUT2D eigenvalue weighted by molar-refractivity contribution is 7.99. The van der Waals surface area contributed by atoms with Crippen molar-refractivity contribution < 1.29 is 9.53 Å². The molecule has 0 aromatic rings. The minimum absolute atomic E-state index is 0.336. The molecule has 0 aliphatic heterocycles. The number of alkyl carbamates (subject to hydrolysis) is 1. The van der Waals surface area contributed by atoms with Crippen LogP contribution < -0.4 is 10.6 Å². The van der Waals surface area contributed by atoms with Crippen LogP contribution in [0.15, 0.2) is 0 Å². The molecule has 2 N–H and O–H groups in total. The summed E-state index contributed by atoms with van der Waals surface area (Å²) < 4.78 is 5.17. The molecule has 5 heteroatoms. The lowest BCUT2D eigenvalue weighted by atomic mass is 10.2. The largest absolute Gasteiger partial charge is 0.444 e. The number of hydrogen-bond acceptors (Lipinski definition) is 4. The Hall–Kier alpha value is -0.420. The van der Waals surface area contributed by atoms with Gasteiger partial charge in [0.05, 0.1) is 0 Å². The summed E-state index contributed by atoms with van der Waals surface area (Å²) in [4.78, 5) is 11.4. The summed E-state index contributed by atoms with van der Waals surface area (Å²) in [7, 11) is 0. The molecule has 0 spiro atoms. The number of carbonyl (C=O) groups excluding carboxylic acids is 1. The molecule has 0 radical (unpaired) electrons. The number of ether oxygens (including phenoxy) is 1. The van der Waals surface area contributed by atoms with Crippen molar-refractivity contribution in [3.8, 4) is 0 Å². The van der Waals surface area contributed by atoms with E-state index in [-0.39, 0.29) is 6.09 Å². The van der Waals surface area contributed by atoms with Crippen molar-refractivity contribution >= 4 is 17.9 Å². The SMILES string of the molecule is CSC1CCCC1NCCNC(=O)OC(C)(C)C. The minimum Gasteiger partial charge on any atom is -0.444 e. The molecule has 2 atom stereocenters. The van der Waals surface area contributed by atoms with E-state index in [1.54, 1.807) is 0 Å². The van der Waals surface area contributed by atoms with Gasteiger partial charge >= 0.3 is 6.09 Å². The number of carbonyl (C=O) groups is 1. The predicted octanol–water partition coefficient (Wildman–Crippen LogP) is 2.38. The van der Waals surface area contributed by atoms with Crippen molar-refractivity contribution in [1.82, 2.24) is 10.6 Å². The minimum atomic E-state index is -0.424. The summed E-state index contributed by atoms with van der Waals surface area (Å²) in [5, 5.41) is 7.00. The highest BCUT2D eigenvalue weighted by Gasteiger charge is 2.25. The molecule has 2 unspecified atom stereocenters. The van der Waals surface area contributed by atoms with Gasteiger partial charge in [0.2, 0.25) is 0 Å². The second-order valence-electron chi connectivity index (χ2n) is 5.69. The van der Waals surface area contributed by atoms with Crippen molar-refractivity contribution in [1.29, 1.82) is 0 Å². The Morgan fingerprint density at radius 2 is 2.06 bits per heavy atom. The van der Waals surface area contributed by atoms with Gasteiger partial charge in [0.15, 0.2) is 0 Å². The summed E-state index contributed by atoms with van der Waals surface area (Å²) in [6.07, 6.45) is 5.69. The predicted molar refractivity (Wildman–Crippen MR) is 77.2 cm³/mol. The van der Waals surface area contributed by atoms with E-state index >= 15 is 0 Å². The van der Waals surface area contributed by atoms with E-state index in [0.29, 0.717) is 12.6 Å². The van der Waals surface area contributed by atoms with Gasteiger partial charge in [0.1, 0.15) is 5.60 Å². The van der Waals surface area contributed by atoms with Crippen LogP contribution >= 0.6 is 11.8 Å². The molecule has 1 rings (SSSR count). The van der Waals surface area contributed by atoms with Crippen molar-refractivity contribution in [2.24, 2.45) is 0 Å². The monoisotopic (exact) mass is 274 g/mol. The normalized spacial score (nSPS) is 24.0. The first-order chi connectivity index (χ1) is 8.42. The maximum absolute atomic E-state index is 11.4. The van der Waals surface area contributed by atoms with E-state index in [4.69, 9.17) is 4.74 Å². The molecule has 18 heavy (non-hydrogen) atoms. The summed E-state index contributed by atoms with van der Waals surface area (Å²) >= 11 is 1.94. The first-order valence-electron chi connectivity index (χ1n) is 6.65. The Morgan fingerprint density at radius 3 is 2.67 bits per heavy atom. The molecule has 1 fully saturated rings. The number of amides is 1. The van der Waals surface area contributed by atoms with E-state index in [1.807, 2.05) is 32.5 Å². The van der Waals surface area contributed by atoms with Crippen molar-refractivity contribution in [2.45, 2.75) is 56.9 Å². The molecule has 0 saturated heterocycles. The maximum Gasteiger partial charge on any atom is 0.407 e. The molecule has 1 saturated carbocycles. The number of nitrogens with one attached hydrogen (secondary N) is 2. The van der Waals surface area contributed by atoms with Gasteiger partial charge < -0.3 is 15.4 Å². The van der Waals surface area contributed by atoms with Gasteiger partial charge in [-0.05, 0) is 39.9 Å². The van der Waals surface area contributed by atoms with Crippen LogP contribution in [0.3, 0.4) is 0 Å². The fourth-order valence-corrected chi connectivity index (χ4v) is 3.14. The van der Waals surface area contributed by atoms with Crippen molar-refractivity contribution in [3.63, 3.8) is 0 Å². The molecule has 1 aliphatic carbocycles. The molecule has 0 heterocycles. The summed E-state index contributed by atoms with van der Waals surface area (Å²) in [6, 6.07) is 0.598. The summed E-state index contributed by atoms with van der Waals surface area (Å²) in [6.45, 7) is 7.03. The second kappa shape index (κ2) is 7.24. The van der Waals surface area contributed by atoms with Gasteiger partial charge in [-0.2, -0.15) is 11.8 Å². The molecule has 0 aromatic carbocycles. The fraction of sp³-hybridized carbons (Fsp3) is 0.923. The van der Waals surface area contributed by atoms with Gasteiger partial charge in [-0.15, -0.1) is 0 Å². The van der Waals surface area contributed by atoms with Crippen LogP contribution in [-0.2, 0) is 4.74 Å². The third-order valence-electron chi connectivity index (χ3n) is 2.96. The van der Waals surface area contributed by atoms with Gasteiger partial charge in [0, 0.05) is 24.4 Å². The van der Waals surface area contributed by atoms with Crippen LogP contribution in [0.4, 0.5) is 4.79 Å². The lowest BCUT2D eigenvalue weighted by molar-refractivity contribution is 0.0528. The average molecular weight is 274 g/mol. The van der Waals surface area contributed by atoms with Crippen LogP contribution in [0.1, 0.15) is 40.0 Å². The number of rotatable bonds is 5. The van der Waals surface area contributed by atoms with Crippen molar-refractivity contribution in [3.05, 3.63) is 0 Å². The fourth-order valence-electron chi connectivity index (χ4n) is 2.18. The zero-order valence-corrected chi connectivity index (χ0v) is 12.7. The second-order valence-corrected chi connectivity index (χ2v) is 6.77. The Bertz CT molecular complexity index is 266. The summed E-state index contributed by atoms with van der Waals surface area (Å²) in [5.74, 6) is 0. The molecule has 106 valence electrons. The van der Waals surface area contributed by atoms with Gasteiger partial charge in [-0.3, -0.25) is 0 Å². The van der Waals surface area contributed by atoms with Crippen LogP contribution in [0.5, 0.6) is 0 Å². The quantitative estimate of drug-likeness (QED) is 0.756. The zero-order valence-electron chi connectivity index (χ0n) is 11.9. The Labute approximate surface area is 115 Å². The van der Waals surface area contributed by atoms with Gasteiger partial charge in [-0.25, -0.2) is 4.79 Å². The van der Waals surface area contributed by atoms with E-state index in [9.17, 15) is 4.79 Å². The van der Waals surface area contributed by atoms with E-state index in [1.165, 1.54) is 19.3 Å². The van der Waals surface area contributed by atoms with Crippen LogP contribution in [-0.4, -0.2) is 42.3 Å². The lowest BCUT2D eigenvalue weighted by Crippen LogP contribution is -2.41. The van der Waals surface area contributed by atoms with Crippen LogP contribution in [0.25, 0.3) is 0 Å². The highest BCUT2D eigenvalue weighted by atomic mass is 32.2. The molecular weight excluding hydrogens is 248 g/mol. The summed E-state index contributed by atoms with van der Waals surface area (Å²) in [5.41, 5.74) is -0.424. The van der Waals surface area contributed by atoms with E-state index < -0.39 is 5.60 Å². The number of thioether (sulfide) groups is 1. The molecule has 4 nitrogen and oxygen atoms in total. The number of hydrogen-bond donors (Lipinski definition) is 2.